The molecule has 0 bridgehead atoms. The van der Waals surface area contributed by atoms with Crippen LogP contribution in [0.1, 0.15) is 29.2 Å². The molecule has 0 saturated heterocycles. The summed E-state index contributed by atoms with van der Waals surface area (Å²) in [6, 6.07) is 9.51. The van der Waals surface area contributed by atoms with Gasteiger partial charge in [0.25, 0.3) is 0 Å². The Labute approximate surface area is 160 Å². The zero-order chi connectivity index (χ0) is 19.9. The number of aromatic amines is 1. The molecule has 3 aromatic rings. The van der Waals surface area contributed by atoms with Gasteiger partial charge in [0.05, 0.1) is 5.39 Å². The normalized spacial score (nSPS) is 20.2. The van der Waals surface area contributed by atoms with E-state index in [2.05, 4.69) is 37.0 Å². The summed E-state index contributed by atoms with van der Waals surface area (Å²) < 4.78 is 39.0. The number of alkyl halides is 3. The molecule has 28 heavy (non-hydrogen) atoms. The highest BCUT2D eigenvalue weighted by molar-refractivity contribution is 5.88. The highest BCUT2D eigenvalue weighted by atomic mass is 19.4. The molecule has 4 rings (SSSR count). The predicted octanol–water partition coefficient (Wildman–Crippen LogP) is 4.34. The first-order valence-electron chi connectivity index (χ1n) is 9.04. The van der Waals surface area contributed by atoms with Crippen LogP contribution in [-0.4, -0.2) is 46.2 Å². The number of fused-ring (bicyclic) bond motifs is 2. The summed E-state index contributed by atoms with van der Waals surface area (Å²) in [6.07, 6.45) is 0.546. The van der Waals surface area contributed by atoms with Gasteiger partial charge in [0, 0.05) is 18.2 Å². The van der Waals surface area contributed by atoms with Gasteiger partial charge in [-0.25, -0.2) is 15.0 Å². The standard InChI is InChI=1S/C20H20F3N5/c1-28(2)16-8-7-12-5-3-4-6-13(12)15(16)10-24-18-14-9-17(20(21,22)23)27-19(14)26-11-25-18/h3-6,9-11,15-16H,7-8H2,1-2H3,(H,25,26,27)/b24-10-/t15?,16-/m0/s1. The summed E-state index contributed by atoms with van der Waals surface area (Å²) in [7, 11) is 4.06. The van der Waals surface area contributed by atoms with Crippen LogP contribution in [-0.2, 0) is 12.6 Å². The Morgan fingerprint density at radius 3 is 2.75 bits per heavy atom. The van der Waals surface area contributed by atoms with Gasteiger partial charge < -0.3 is 9.88 Å². The first kappa shape index (κ1) is 18.6. The van der Waals surface area contributed by atoms with Crippen molar-refractivity contribution in [1.82, 2.24) is 19.9 Å². The van der Waals surface area contributed by atoms with Crippen molar-refractivity contribution in [1.29, 1.82) is 0 Å². The molecular weight excluding hydrogens is 367 g/mol. The molecule has 1 aliphatic rings. The van der Waals surface area contributed by atoms with Gasteiger partial charge in [-0.05, 0) is 44.1 Å². The molecule has 2 heterocycles. The average molecular weight is 387 g/mol. The van der Waals surface area contributed by atoms with E-state index in [4.69, 9.17) is 0 Å². The smallest absolute Gasteiger partial charge is 0.336 e. The first-order valence-corrected chi connectivity index (χ1v) is 9.04. The van der Waals surface area contributed by atoms with Gasteiger partial charge in [-0.3, -0.25) is 0 Å². The Morgan fingerprint density at radius 2 is 2.00 bits per heavy atom. The van der Waals surface area contributed by atoms with Gasteiger partial charge in [-0.1, -0.05) is 24.3 Å². The zero-order valence-corrected chi connectivity index (χ0v) is 15.5. The topological polar surface area (TPSA) is 57.2 Å². The maximum absolute atomic E-state index is 13.0. The number of rotatable bonds is 3. The van der Waals surface area contributed by atoms with Crippen molar-refractivity contribution >= 4 is 23.1 Å². The number of hydrogen-bond donors (Lipinski definition) is 1. The van der Waals surface area contributed by atoms with Crippen LogP contribution in [0.2, 0.25) is 0 Å². The summed E-state index contributed by atoms with van der Waals surface area (Å²) in [5.41, 5.74) is 1.76. The number of aromatic nitrogens is 3. The summed E-state index contributed by atoms with van der Waals surface area (Å²) in [5, 5.41) is 0.261. The van der Waals surface area contributed by atoms with Crippen LogP contribution in [0.25, 0.3) is 11.0 Å². The minimum absolute atomic E-state index is 0.0333. The first-order chi connectivity index (χ1) is 13.3. The lowest BCUT2D eigenvalue weighted by atomic mass is 9.79. The number of nitrogens with zero attached hydrogens (tertiary/aromatic N) is 4. The zero-order valence-electron chi connectivity index (χ0n) is 15.5. The fourth-order valence-electron chi connectivity index (χ4n) is 3.87. The highest BCUT2D eigenvalue weighted by Gasteiger charge is 2.33. The van der Waals surface area contributed by atoms with E-state index in [0.29, 0.717) is 0 Å². The lowest BCUT2D eigenvalue weighted by molar-refractivity contribution is -0.140. The van der Waals surface area contributed by atoms with Crippen molar-refractivity contribution in [2.24, 2.45) is 4.99 Å². The SMILES string of the molecule is CN(C)[C@H]1CCc2ccccc2C1/C=N\c1ncnc2[nH]c(C(F)(F)F)cc12. The summed E-state index contributed by atoms with van der Waals surface area (Å²) in [5.74, 6) is 0.267. The summed E-state index contributed by atoms with van der Waals surface area (Å²) >= 11 is 0. The summed E-state index contributed by atoms with van der Waals surface area (Å²) in [6.45, 7) is 0. The third kappa shape index (κ3) is 3.40. The number of hydrogen-bond acceptors (Lipinski definition) is 4. The minimum atomic E-state index is -4.47. The van der Waals surface area contributed by atoms with Gasteiger partial charge in [0.15, 0.2) is 5.82 Å². The van der Waals surface area contributed by atoms with Crippen LogP contribution in [0.5, 0.6) is 0 Å². The lowest BCUT2D eigenvalue weighted by Crippen LogP contribution is -2.38. The lowest BCUT2D eigenvalue weighted by Gasteiger charge is -2.35. The molecule has 1 aromatic carbocycles. The second-order valence-electron chi connectivity index (χ2n) is 7.21. The van der Waals surface area contributed by atoms with Crippen molar-refractivity contribution in [2.45, 2.75) is 31.0 Å². The monoisotopic (exact) mass is 387 g/mol. The van der Waals surface area contributed by atoms with E-state index in [0.717, 1.165) is 18.9 Å². The van der Waals surface area contributed by atoms with E-state index < -0.39 is 11.9 Å². The Balaban J connectivity index is 1.74. The van der Waals surface area contributed by atoms with E-state index in [9.17, 15) is 13.2 Å². The highest BCUT2D eigenvalue weighted by Crippen LogP contribution is 2.35. The van der Waals surface area contributed by atoms with Crippen LogP contribution in [0.3, 0.4) is 0 Å². The maximum Gasteiger partial charge on any atom is 0.431 e. The van der Waals surface area contributed by atoms with Crippen LogP contribution in [0.4, 0.5) is 19.0 Å². The Bertz CT molecular complexity index is 1020. The number of aryl methyl sites for hydroxylation is 1. The maximum atomic E-state index is 13.0. The van der Waals surface area contributed by atoms with Crippen LogP contribution < -0.4 is 0 Å². The third-order valence-electron chi connectivity index (χ3n) is 5.27. The van der Waals surface area contributed by atoms with Crippen molar-refractivity contribution in [3.05, 3.63) is 53.5 Å². The van der Waals surface area contributed by atoms with Crippen molar-refractivity contribution in [3.8, 4) is 0 Å². The molecule has 5 nitrogen and oxygen atoms in total. The van der Waals surface area contributed by atoms with Gasteiger partial charge in [0.2, 0.25) is 0 Å². The number of halogens is 3. The fourth-order valence-corrected chi connectivity index (χ4v) is 3.87. The minimum Gasteiger partial charge on any atom is -0.336 e. The van der Waals surface area contributed by atoms with E-state index in [1.165, 1.54) is 17.5 Å². The van der Waals surface area contributed by atoms with Gasteiger partial charge in [0.1, 0.15) is 17.7 Å². The molecule has 0 radical (unpaired) electrons. The molecule has 1 unspecified atom stereocenters. The number of nitrogens with one attached hydrogen (secondary N) is 1. The predicted molar refractivity (Wildman–Crippen MR) is 102 cm³/mol. The second kappa shape index (κ2) is 7.01. The van der Waals surface area contributed by atoms with E-state index >= 15 is 0 Å². The molecule has 0 fully saturated rings. The molecule has 146 valence electrons. The molecule has 1 aliphatic carbocycles. The Morgan fingerprint density at radius 1 is 1.21 bits per heavy atom. The molecule has 0 saturated carbocycles. The van der Waals surface area contributed by atoms with Crippen LogP contribution in [0, 0.1) is 0 Å². The molecule has 1 N–H and O–H groups in total. The number of H-pyrrole nitrogens is 1. The van der Waals surface area contributed by atoms with E-state index in [1.807, 2.05) is 32.4 Å². The molecule has 0 amide bonds. The molecule has 2 atom stereocenters. The third-order valence-corrected chi connectivity index (χ3v) is 5.27. The number of aliphatic imine (C=N–C) groups is 1. The molecule has 0 spiro atoms. The Hall–Kier alpha value is -2.74. The molecule has 0 aliphatic heterocycles. The number of likely N-dealkylation sites (N-methyl/N-ethyl adjacent to an activating group) is 1. The Kier molecular flexibility index (Phi) is 4.66. The quantitative estimate of drug-likeness (QED) is 0.680. The largest absolute Gasteiger partial charge is 0.431 e. The van der Waals surface area contributed by atoms with Crippen LogP contribution in [0.15, 0.2) is 41.7 Å². The van der Waals surface area contributed by atoms with Crippen molar-refractivity contribution in [2.75, 3.05) is 14.1 Å². The van der Waals surface area contributed by atoms with Gasteiger partial charge in [-0.2, -0.15) is 13.2 Å². The molecule has 8 heteroatoms. The average Bonchev–Trinajstić information content (AvgIpc) is 3.11. The second-order valence-corrected chi connectivity index (χ2v) is 7.21. The van der Waals surface area contributed by atoms with E-state index in [-0.39, 0.29) is 28.8 Å². The van der Waals surface area contributed by atoms with Crippen molar-refractivity contribution < 1.29 is 13.2 Å². The molecular formula is C20H20F3N5. The van der Waals surface area contributed by atoms with Crippen LogP contribution >= 0.6 is 0 Å². The van der Waals surface area contributed by atoms with Gasteiger partial charge in [-0.15, -0.1) is 0 Å². The van der Waals surface area contributed by atoms with Gasteiger partial charge >= 0.3 is 6.18 Å². The number of benzene rings is 1. The van der Waals surface area contributed by atoms with Crippen molar-refractivity contribution in [3.63, 3.8) is 0 Å². The molecule has 2 aromatic heterocycles. The summed E-state index contributed by atoms with van der Waals surface area (Å²) in [4.78, 5) is 17.0. The fraction of sp³-hybridized carbons (Fsp3) is 0.350. The van der Waals surface area contributed by atoms with E-state index in [1.54, 1.807) is 0 Å².